The van der Waals surface area contributed by atoms with Gasteiger partial charge in [-0.2, -0.15) is 0 Å². The van der Waals surface area contributed by atoms with Crippen LogP contribution in [-0.2, 0) is 11.2 Å². The van der Waals surface area contributed by atoms with Gasteiger partial charge in [0, 0.05) is 18.8 Å². The van der Waals surface area contributed by atoms with Crippen LogP contribution < -0.4 is 10.6 Å². The highest BCUT2D eigenvalue weighted by atomic mass is 19.1. The Bertz CT molecular complexity index is 401. The summed E-state index contributed by atoms with van der Waals surface area (Å²) in [6.07, 6.45) is 1.10. The molecule has 100 valence electrons. The fraction of sp³-hybridized carbons (Fsp3) is 0.571. The molecule has 1 heterocycles. The highest BCUT2D eigenvalue weighted by Crippen LogP contribution is 2.25. The number of ether oxygens (including phenoxy) is 1. The van der Waals surface area contributed by atoms with E-state index in [1.807, 2.05) is 6.07 Å². The Kier molecular flexibility index (Phi) is 4.19. The molecule has 18 heavy (non-hydrogen) atoms. The van der Waals surface area contributed by atoms with Crippen molar-refractivity contribution in [3.05, 3.63) is 29.6 Å². The van der Waals surface area contributed by atoms with Gasteiger partial charge in [0.1, 0.15) is 5.82 Å². The van der Waals surface area contributed by atoms with E-state index in [2.05, 4.69) is 18.7 Å². The van der Waals surface area contributed by atoms with Crippen LogP contribution in [0.4, 0.5) is 10.1 Å². The Morgan fingerprint density at radius 3 is 2.61 bits per heavy atom. The summed E-state index contributed by atoms with van der Waals surface area (Å²) >= 11 is 0. The van der Waals surface area contributed by atoms with Gasteiger partial charge in [-0.3, -0.25) is 0 Å². The van der Waals surface area contributed by atoms with Crippen LogP contribution in [0.1, 0.15) is 19.4 Å². The summed E-state index contributed by atoms with van der Waals surface area (Å²) in [5.41, 5.74) is 7.67. The predicted octanol–water partition coefficient (Wildman–Crippen LogP) is 1.94. The Morgan fingerprint density at radius 2 is 2.00 bits per heavy atom. The van der Waals surface area contributed by atoms with E-state index in [0.29, 0.717) is 13.0 Å². The number of nitrogens with zero attached hydrogens (tertiary/aromatic N) is 1. The zero-order chi connectivity index (χ0) is 13.1. The van der Waals surface area contributed by atoms with E-state index in [0.717, 1.165) is 24.3 Å². The number of hydrogen-bond acceptors (Lipinski definition) is 3. The van der Waals surface area contributed by atoms with E-state index in [1.165, 1.54) is 6.07 Å². The van der Waals surface area contributed by atoms with Crippen LogP contribution in [0.25, 0.3) is 0 Å². The van der Waals surface area contributed by atoms with Crippen LogP contribution in [0, 0.1) is 5.82 Å². The summed E-state index contributed by atoms with van der Waals surface area (Å²) in [5, 5.41) is 0. The van der Waals surface area contributed by atoms with E-state index < -0.39 is 0 Å². The molecule has 4 heteroatoms. The van der Waals surface area contributed by atoms with Gasteiger partial charge < -0.3 is 15.4 Å². The van der Waals surface area contributed by atoms with Crippen LogP contribution in [0.2, 0.25) is 0 Å². The Morgan fingerprint density at radius 1 is 1.33 bits per heavy atom. The molecule has 2 N–H and O–H groups in total. The molecule has 1 aromatic rings. The number of anilines is 1. The van der Waals surface area contributed by atoms with Gasteiger partial charge in [0.15, 0.2) is 0 Å². The van der Waals surface area contributed by atoms with E-state index in [-0.39, 0.29) is 18.0 Å². The van der Waals surface area contributed by atoms with Crippen LogP contribution in [0.15, 0.2) is 18.2 Å². The largest absolute Gasteiger partial charge is 0.372 e. The third-order valence-corrected chi connectivity index (χ3v) is 3.22. The molecule has 0 amide bonds. The van der Waals surface area contributed by atoms with E-state index >= 15 is 0 Å². The molecular weight excluding hydrogens is 231 g/mol. The minimum Gasteiger partial charge on any atom is -0.372 e. The first kappa shape index (κ1) is 13.3. The van der Waals surface area contributed by atoms with Crippen molar-refractivity contribution in [1.82, 2.24) is 0 Å². The molecule has 0 spiro atoms. The van der Waals surface area contributed by atoms with Crippen LogP contribution >= 0.6 is 0 Å². The first-order valence-corrected chi connectivity index (χ1v) is 6.49. The lowest BCUT2D eigenvalue weighted by Gasteiger charge is -2.37. The quantitative estimate of drug-likeness (QED) is 0.893. The van der Waals surface area contributed by atoms with Crippen molar-refractivity contribution in [2.75, 3.05) is 24.5 Å². The van der Waals surface area contributed by atoms with Crippen molar-refractivity contribution < 1.29 is 9.13 Å². The lowest BCUT2D eigenvalue weighted by molar-refractivity contribution is -0.00526. The topological polar surface area (TPSA) is 38.5 Å². The minimum atomic E-state index is -0.198. The van der Waals surface area contributed by atoms with Gasteiger partial charge in [-0.15, -0.1) is 0 Å². The molecule has 0 radical (unpaired) electrons. The maximum atomic E-state index is 13.3. The van der Waals surface area contributed by atoms with Crippen LogP contribution in [0.3, 0.4) is 0 Å². The molecular formula is C14H21FN2O. The second kappa shape index (κ2) is 5.67. The van der Waals surface area contributed by atoms with E-state index in [9.17, 15) is 4.39 Å². The number of hydrogen-bond donors (Lipinski definition) is 1. The summed E-state index contributed by atoms with van der Waals surface area (Å²) in [6.45, 7) is 6.34. The van der Waals surface area contributed by atoms with Gasteiger partial charge in [-0.1, -0.05) is 0 Å². The van der Waals surface area contributed by atoms with Crippen molar-refractivity contribution in [2.45, 2.75) is 32.5 Å². The molecule has 1 aromatic carbocycles. The second-order valence-electron chi connectivity index (χ2n) is 4.97. The van der Waals surface area contributed by atoms with Crippen molar-refractivity contribution in [2.24, 2.45) is 5.73 Å². The van der Waals surface area contributed by atoms with Gasteiger partial charge >= 0.3 is 0 Å². The third-order valence-electron chi connectivity index (χ3n) is 3.22. The summed E-state index contributed by atoms with van der Waals surface area (Å²) in [4.78, 5) is 2.27. The fourth-order valence-corrected chi connectivity index (χ4v) is 2.59. The monoisotopic (exact) mass is 252 g/mol. The Hall–Kier alpha value is -1.13. The highest BCUT2D eigenvalue weighted by Gasteiger charge is 2.23. The fourth-order valence-electron chi connectivity index (χ4n) is 2.59. The predicted molar refractivity (Wildman–Crippen MR) is 71.4 cm³/mol. The van der Waals surface area contributed by atoms with Crippen molar-refractivity contribution in [3.8, 4) is 0 Å². The molecule has 3 nitrogen and oxygen atoms in total. The van der Waals surface area contributed by atoms with Gasteiger partial charge in [0.25, 0.3) is 0 Å². The molecule has 1 aliphatic rings. The molecule has 0 aromatic heterocycles. The van der Waals surface area contributed by atoms with Gasteiger partial charge in [0.05, 0.1) is 12.2 Å². The Balaban J connectivity index is 2.25. The highest BCUT2D eigenvalue weighted by molar-refractivity contribution is 5.54. The third kappa shape index (κ3) is 3.00. The maximum Gasteiger partial charge on any atom is 0.123 e. The lowest BCUT2D eigenvalue weighted by Crippen LogP contribution is -2.45. The van der Waals surface area contributed by atoms with Crippen molar-refractivity contribution >= 4 is 5.69 Å². The number of benzene rings is 1. The van der Waals surface area contributed by atoms with Gasteiger partial charge in [-0.05, 0) is 50.6 Å². The average molecular weight is 252 g/mol. The molecule has 0 saturated carbocycles. The maximum absolute atomic E-state index is 13.3. The lowest BCUT2D eigenvalue weighted by atomic mass is 10.1. The number of halogens is 1. The molecule has 0 unspecified atom stereocenters. The summed E-state index contributed by atoms with van der Waals surface area (Å²) in [6, 6.07) is 4.96. The smallest absolute Gasteiger partial charge is 0.123 e. The van der Waals surface area contributed by atoms with E-state index in [1.54, 1.807) is 6.07 Å². The first-order valence-electron chi connectivity index (χ1n) is 6.49. The van der Waals surface area contributed by atoms with Gasteiger partial charge in [-0.25, -0.2) is 4.39 Å². The summed E-state index contributed by atoms with van der Waals surface area (Å²) in [5.74, 6) is -0.198. The first-order chi connectivity index (χ1) is 8.60. The standard InChI is InChI=1S/C14H21FN2O/c1-10-8-17(9-11(2)18-10)14-4-3-13(15)7-12(14)5-6-16/h3-4,7,10-11H,5-6,8-9,16H2,1-2H3/t10-,11+. The summed E-state index contributed by atoms with van der Waals surface area (Å²) < 4.78 is 19.0. The van der Waals surface area contributed by atoms with E-state index in [4.69, 9.17) is 10.5 Å². The average Bonchev–Trinajstić information content (AvgIpc) is 2.28. The molecule has 1 fully saturated rings. The molecule has 0 bridgehead atoms. The number of nitrogens with two attached hydrogens (primary N) is 1. The number of morpholine rings is 1. The normalized spacial score (nSPS) is 24.3. The van der Waals surface area contributed by atoms with Crippen LogP contribution in [-0.4, -0.2) is 31.8 Å². The van der Waals surface area contributed by atoms with Crippen molar-refractivity contribution in [1.29, 1.82) is 0 Å². The summed E-state index contributed by atoms with van der Waals surface area (Å²) in [7, 11) is 0. The molecule has 2 rings (SSSR count). The number of rotatable bonds is 3. The SMILES string of the molecule is C[C@@H]1CN(c2ccc(F)cc2CCN)C[C@H](C)O1. The molecule has 1 aliphatic heterocycles. The van der Waals surface area contributed by atoms with Gasteiger partial charge in [0.2, 0.25) is 0 Å². The molecule has 1 saturated heterocycles. The minimum absolute atomic E-state index is 0.198. The molecule has 0 aliphatic carbocycles. The second-order valence-corrected chi connectivity index (χ2v) is 4.97. The Labute approximate surface area is 108 Å². The zero-order valence-corrected chi connectivity index (χ0v) is 11.0. The molecule has 2 atom stereocenters. The van der Waals surface area contributed by atoms with Crippen LogP contribution in [0.5, 0.6) is 0 Å². The van der Waals surface area contributed by atoms with Crippen molar-refractivity contribution in [3.63, 3.8) is 0 Å². The zero-order valence-electron chi connectivity index (χ0n) is 11.0.